The summed E-state index contributed by atoms with van der Waals surface area (Å²) in [5.74, 6) is -0.286. The molecule has 1 aliphatic rings. The molecule has 0 saturated carbocycles. The van der Waals surface area contributed by atoms with Crippen LogP contribution in [0.1, 0.15) is 46.1 Å². The van der Waals surface area contributed by atoms with Crippen molar-refractivity contribution in [3.8, 4) is 0 Å². The summed E-state index contributed by atoms with van der Waals surface area (Å²) in [6.07, 6.45) is -0.477. The number of nitrogens with two attached hydrogens (primary N) is 1. The van der Waals surface area contributed by atoms with E-state index in [2.05, 4.69) is 32.4 Å². The molecule has 0 unspecified atom stereocenters. The van der Waals surface area contributed by atoms with Gasteiger partial charge in [0, 0.05) is 49.7 Å². The van der Waals surface area contributed by atoms with E-state index in [1.807, 2.05) is 17.9 Å². The van der Waals surface area contributed by atoms with E-state index in [9.17, 15) is 18.0 Å². The molecule has 39 heavy (non-hydrogen) atoms. The third-order valence-electron chi connectivity index (χ3n) is 6.76. The number of nitrogen functional groups attached to an aromatic ring is 1. The Morgan fingerprint density at radius 1 is 1.03 bits per heavy atom. The van der Waals surface area contributed by atoms with Gasteiger partial charge in [0.15, 0.2) is 0 Å². The zero-order chi connectivity index (χ0) is 28.0. The van der Waals surface area contributed by atoms with Gasteiger partial charge in [-0.3, -0.25) is 14.7 Å². The SMILES string of the molecule is CCCN1CCN(Cc2ccc(C(=O)Nc3ccc(C)c(NCc4cnc(N)cn4)c3)cc2C(F)(F)F)CC1. The van der Waals surface area contributed by atoms with Gasteiger partial charge in [0.05, 0.1) is 30.2 Å². The maximum Gasteiger partial charge on any atom is 0.416 e. The maximum atomic E-state index is 14.0. The molecule has 1 saturated heterocycles. The number of aryl methyl sites for hydroxylation is 1. The molecule has 8 nitrogen and oxygen atoms in total. The standard InChI is InChI=1S/C28H34F3N7O/c1-3-8-37-9-11-38(12-10-37)18-21-6-5-20(13-24(21)28(29,30)31)27(39)36-22-7-4-19(2)25(14-22)34-15-23-16-35-26(32)17-33-23/h4-7,13-14,16-17,34H,3,8-12,15,18H2,1-2H3,(H2,32,35)(H,36,39). The number of hydrogen-bond acceptors (Lipinski definition) is 7. The Morgan fingerprint density at radius 3 is 2.44 bits per heavy atom. The molecule has 0 bridgehead atoms. The highest BCUT2D eigenvalue weighted by Crippen LogP contribution is 2.34. The molecule has 1 amide bonds. The van der Waals surface area contributed by atoms with Crippen molar-refractivity contribution in [3.63, 3.8) is 0 Å². The van der Waals surface area contributed by atoms with Gasteiger partial charge in [-0.05, 0) is 55.3 Å². The number of nitrogens with one attached hydrogen (secondary N) is 2. The van der Waals surface area contributed by atoms with Crippen LogP contribution < -0.4 is 16.4 Å². The summed E-state index contributed by atoms with van der Waals surface area (Å²) < 4.78 is 42.0. The van der Waals surface area contributed by atoms with Gasteiger partial charge >= 0.3 is 6.18 Å². The first-order chi connectivity index (χ1) is 18.6. The van der Waals surface area contributed by atoms with Crippen molar-refractivity contribution >= 4 is 23.1 Å². The Hall–Kier alpha value is -3.70. The molecular weight excluding hydrogens is 507 g/mol. The third kappa shape index (κ3) is 7.67. The van der Waals surface area contributed by atoms with Crippen molar-refractivity contribution in [2.45, 2.75) is 39.5 Å². The number of amides is 1. The first kappa shape index (κ1) is 28.3. The first-order valence-electron chi connectivity index (χ1n) is 13.0. The number of benzene rings is 2. The van der Waals surface area contributed by atoms with Crippen LogP contribution in [0.5, 0.6) is 0 Å². The largest absolute Gasteiger partial charge is 0.416 e. The van der Waals surface area contributed by atoms with Crippen LogP contribution in [-0.4, -0.2) is 58.4 Å². The molecule has 4 rings (SSSR count). The number of carbonyl (C=O) groups is 1. The molecule has 2 heterocycles. The molecule has 0 atom stereocenters. The minimum Gasteiger partial charge on any atom is -0.382 e. The van der Waals surface area contributed by atoms with Crippen LogP contribution in [0, 0.1) is 6.92 Å². The third-order valence-corrected chi connectivity index (χ3v) is 6.76. The molecule has 1 fully saturated rings. The molecule has 0 spiro atoms. The summed E-state index contributed by atoms with van der Waals surface area (Å²) in [5, 5.41) is 5.96. The smallest absolute Gasteiger partial charge is 0.382 e. The molecule has 11 heteroatoms. The van der Waals surface area contributed by atoms with Gasteiger partial charge in [-0.25, -0.2) is 4.98 Å². The number of anilines is 3. The lowest BCUT2D eigenvalue weighted by atomic mass is 10.0. The summed E-state index contributed by atoms with van der Waals surface area (Å²) >= 11 is 0. The van der Waals surface area contributed by atoms with Crippen LogP contribution in [0.15, 0.2) is 48.8 Å². The van der Waals surface area contributed by atoms with Crippen molar-refractivity contribution in [2.24, 2.45) is 0 Å². The van der Waals surface area contributed by atoms with Crippen LogP contribution in [0.3, 0.4) is 0 Å². The van der Waals surface area contributed by atoms with E-state index in [4.69, 9.17) is 5.73 Å². The second-order valence-electron chi connectivity index (χ2n) is 9.76. The van der Waals surface area contributed by atoms with Crippen LogP contribution in [0.2, 0.25) is 0 Å². The lowest BCUT2D eigenvalue weighted by molar-refractivity contribution is -0.138. The Labute approximate surface area is 226 Å². The molecule has 4 N–H and O–H groups in total. The number of rotatable bonds is 9. The lowest BCUT2D eigenvalue weighted by Gasteiger charge is -2.35. The van der Waals surface area contributed by atoms with Gasteiger partial charge in [-0.1, -0.05) is 19.1 Å². The molecule has 1 aliphatic heterocycles. The first-order valence-corrected chi connectivity index (χ1v) is 13.0. The second-order valence-corrected chi connectivity index (χ2v) is 9.76. The predicted molar refractivity (Wildman–Crippen MR) is 146 cm³/mol. The van der Waals surface area contributed by atoms with Crippen LogP contribution in [0.25, 0.3) is 0 Å². The van der Waals surface area contributed by atoms with Gasteiger partial charge < -0.3 is 21.3 Å². The molecule has 1 aromatic heterocycles. The molecular formula is C28H34F3N7O. The monoisotopic (exact) mass is 541 g/mol. The average molecular weight is 542 g/mol. The second kappa shape index (κ2) is 12.4. The van der Waals surface area contributed by atoms with Crippen LogP contribution in [0.4, 0.5) is 30.4 Å². The summed E-state index contributed by atoms with van der Waals surface area (Å²) in [6.45, 7) is 8.72. The molecule has 0 aliphatic carbocycles. The summed E-state index contributed by atoms with van der Waals surface area (Å²) in [7, 11) is 0. The highest BCUT2D eigenvalue weighted by Gasteiger charge is 2.34. The van der Waals surface area contributed by atoms with E-state index in [0.29, 0.717) is 36.8 Å². The number of carbonyl (C=O) groups excluding carboxylic acids is 1. The van der Waals surface area contributed by atoms with E-state index in [0.717, 1.165) is 43.4 Å². The quantitative estimate of drug-likeness (QED) is 0.359. The van der Waals surface area contributed by atoms with Gasteiger partial charge in [0.2, 0.25) is 0 Å². The highest BCUT2D eigenvalue weighted by atomic mass is 19.4. The Morgan fingerprint density at radius 2 is 1.77 bits per heavy atom. The van der Waals surface area contributed by atoms with Crippen molar-refractivity contribution in [1.29, 1.82) is 0 Å². The van der Waals surface area contributed by atoms with Crippen LogP contribution >= 0.6 is 0 Å². The number of halogens is 3. The van der Waals surface area contributed by atoms with Gasteiger partial charge in [-0.15, -0.1) is 0 Å². The summed E-state index contributed by atoms with van der Waals surface area (Å²) in [4.78, 5) is 25.5. The van der Waals surface area contributed by atoms with Crippen molar-refractivity contribution in [1.82, 2.24) is 19.8 Å². The molecule has 208 valence electrons. The zero-order valence-corrected chi connectivity index (χ0v) is 22.2. The zero-order valence-electron chi connectivity index (χ0n) is 22.2. The number of alkyl halides is 3. The van der Waals surface area contributed by atoms with E-state index in [-0.39, 0.29) is 17.7 Å². The molecule has 0 radical (unpaired) electrons. The Kier molecular flexibility index (Phi) is 9.03. The minimum atomic E-state index is -4.57. The average Bonchev–Trinajstić information content (AvgIpc) is 2.90. The fourth-order valence-corrected chi connectivity index (χ4v) is 4.58. The Bertz CT molecular complexity index is 1270. The molecule has 3 aromatic rings. The minimum absolute atomic E-state index is 0.0499. The van der Waals surface area contributed by atoms with Crippen molar-refractivity contribution in [3.05, 3.63) is 76.7 Å². The Balaban J connectivity index is 1.44. The van der Waals surface area contributed by atoms with E-state index < -0.39 is 17.6 Å². The van der Waals surface area contributed by atoms with E-state index in [1.165, 1.54) is 18.3 Å². The normalized spacial score (nSPS) is 14.8. The number of nitrogens with zero attached hydrogens (tertiary/aromatic N) is 4. The topological polar surface area (TPSA) is 99.4 Å². The van der Waals surface area contributed by atoms with Crippen LogP contribution in [-0.2, 0) is 19.3 Å². The molecule has 2 aromatic carbocycles. The fraction of sp³-hybridized carbons (Fsp3) is 0.393. The maximum absolute atomic E-state index is 14.0. The fourth-order valence-electron chi connectivity index (χ4n) is 4.58. The predicted octanol–water partition coefficient (Wildman–Crippen LogP) is 4.78. The van der Waals surface area contributed by atoms with E-state index >= 15 is 0 Å². The summed E-state index contributed by atoms with van der Waals surface area (Å²) in [5.41, 5.74) is 7.73. The van der Waals surface area contributed by atoms with Gasteiger partial charge in [0.25, 0.3) is 5.91 Å². The van der Waals surface area contributed by atoms with Crippen molar-refractivity contribution in [2.75, 3.05) is 49.1 Å². The highest BCUT2D eigenvalue weighted by molar-refractivity contribution is 6.04. The van der Waals surface area contributed by atoms with Crippen molar-refractivity contribution < 1.29 is 18.0 Å². The van der Waals surface area contributed by atoms with Gasteiger partial charge in [-0.2, -0.15) is 13.2 Å². The van der Waals surface area contributed by atoms with Gasteiger partial charge in [0.1, 0.15) is 5.82 Å². The number of piperazine rings is 1. The lowest BCUT2D eigenvalue weighted by Crippen LogP contribution is -2.46. The number of aromatic nitrogens is 2. The van der Waals surface area contributed by atoms with E-state index in [1.54, 1.807) is 18.3 Å². The summed E-state index contributed by atoms with van der Waals surface area (Å²) in [6, 6.07) is 9.09. The number of hydrogen-bond donors (Lipinski definition) is 3.